The summed E-state index contributed by atoms with van der Waals surface area (Å²) >= 11 is 0. The molecule has 0 saturated heterocycles. The maximum atomic E-state index is 14.7. The Kier molecular flexibility index (Phi) is 4.00. The molecule has 0 aromatic heterocycles. The Morgan fingerprint density at radius 2 is 1.42 bits per heavy atom. The molecule has 1 aromatic carbocycles. The lowest BCUT2D eigenvalue weighted by atomic mass is 9.49. The van der Waals surface area contributed by atoms with Crippen LogP contribution in [0.15, 0.2) is 12.1 Å². The van der Waals surface area contributed by atoms with Crippen LogP contribution >= 0.6 is 0 Å². The molecule has 0 N–H and O–H groups in total. The van der Waals surface area contributed by atoms with E-state index in [-0.39, 0.29) is 18.4 Å². The van der Waals surface area contributed by atoms with Crippen LogP contribution in [0.4, 0.5) is 35.1 Å². The minimum Gasteiger partial charge on any atom is -0.203 e. The van der Waals surface area contributed by atoms with Crippen LogP contribution in [0.25, 0.3) is 0 Å². The Hall–Kier alpha value is -1.34. The van der Waals surface area contributed by atoms with E-state index in [2.05, 4.69) is 0 Å². The monoisotopic (exact) mass is 386 g/mol. The molecule has 3 aliphatic carbocycles. The van der Waals surface area contributed by atoms with Gasteiger partial charge in [0.1, 0.15) is 0 Å². The molecular formula is C18H18F8. The first-order chi connectivity index (χ1) is 11.7. The molecule has 4 rings (SSSR count). The summed E-state index contributed by atoms with van der Waals surface area (Å²) in [6.07, 6.45) is -3.33. The van der Waals surface area contributed by atoms with Gasteiger partial charge in [-0.25, -0.2) is 17.6 Å². The third-order valence-electron chi connectivity index (χ3n) is 6.36. The lowest BCUT2D eigenvalue weighted by molar-refractivity contribution is -0.372. The van der Waals surface area contributed by atoms with Crippen LogP contribution in [-0.4, -0.2) is 11.8 Å². The third kappa shape index (κ3) is 2.26. The first-order valence-corrected chi connectivity index (χ1v) is 8.29. The van der Waals surface area contributed by atoms with Gasteiger partial charge in [-0.1, -0.05) is 13.0 Å². The van der Waals surface area contributed by atoms with Crippen molar-refractivity contribution in [3.05, 3.63) is 34.9 Å². The van der Waals surface area contributed by atoms with Crippen molar-refractivity contribution in [3.8, 4) is 0 Å². The van der Waals surface area contributed by atoms with Crippen LogP contribution in [0.2, 0.25) is 0 Å². The number of halogens is 8. The Bertz CT molecular complexity index is 729. The quantitative estimate of drug-likeness (QED) is 0.513. The Labute approximate surface area is 145 Å². The van der Waals surface area contributed by atoms with Crippen LogP contribution in [-0.2, 0) is 5.92 Å². The van der Waals surface area contributed by atoms with E-state index >= 15 is 0 Å². The Morgan fingerprint density at radius 3 is 1.96 bits per heavy atom. The van der Waals surface area contributed by atoms with Gasteiger partial charge in [-0.15, -0.1) is 0 Å². The van der Waals surface area contributed by atoms with Gasteiger partial charge >= 0.3 is 11.8 Å². The molecule has 1 aromatic rings. The van der Waals surface area contributed by atoms with Gasteiger partial charge in [0.15, 0.2) is 11.6 Å². The van der Waals surface area contributed by atoms with Crippen LogP contribution < -0.4 is 0 Å². The van der Waals surface area contributed by atoms with Crippen LogP contribution in [0.5, 0.6) is 0 Å². The van der Waals surface area contributed by atoms with E-state index in [0.29, 0.717) is 6.07 Å². The minimum atomic E-state index is -4.66. The molecule has 0 aliphatic heterocycles. The molecule has 0 unspecified atom stereocenters. The summed E-state index contributed by atoms with van der Waals surface area (Å²) in [6.45, 7) is 2.20. The maximum Gasteiger partial charge on any atom is 0.316 e. The molecule has 2 bridgehead atoms. The third-order valence-corrected chi connectivity index (χ3v) is 6.36. The summed E-state index contributed by atoms with van der Waals surface area (Å²) < 4.78 is 115. The van der Waals surface area contributed by atoms with Crippen LogP contribution in [0.3, 0.4) is 0 Å². The Balaban J connectivity index is 2.03. The number of rotatable bonds is 3. The predicted octanol–water partition coefficient (Wildman–Crippen LogP) is 6.61. The average Bonchev–Trinajstić information content (AvgIpc) is 2.53. The summed E-state index contributed by atoms with van der Waals surface area (Å²) in [5, 5.41) is 0. The molecular weight excluding hydrogens is 368 g/mol. The summed E-state index contributed by atoms with van der Waals surface area (Å²) in [4.78, 5) is 0. The molecule has 3 aliphatic rings. The van der Waals surface area contributed by atoms with Gasteiger partial charge in [0.25, 0.3) is 5.92 Å². The zero-order chi connectivity index (χ0) is 19.8. The van der Waals surface area contributed by atoms with Gasteiger partial charge in [0.05, 0.1) is 5.56 Å². The highest BCUT2D eigenvalue weighted by Crippen LogP contribution is 2.72. The molecule has 0 heterocycles. The van der Waals surface area contributed by atoms with Crippen molar-refractivity contribution < 1.29 is 35.1 Å². The lowest BCUT2D eigenvalue weighted by Crippen LogP contribution is -2.69. The van der Waals surface area contributed by atoms with E-state index in [1.807, 2.05) is 0 Å². The summed E-state index contributed by atoms with van der Waals surface area (Å²) in [6, 6.07) is 1.53. The highest BCUT2D eigenvalue weighted by molar-refractivity contribution is 5.30. The van der Waals surface area contributed by atoms with Gasteiger partial charge in [-0.2, -0.15) is 17.6 Å². The average molecular weight is 386 g/mol. The van der Waals surface area contributed by atoms with Crippen LogP contribution in [0, 0.1) is 29.4 Å². The van der Waals surface area contributed by atoms with Crippen molar-refractivity contribution in [2.24, 2.45) is 10.8 Å². The van der Waals surface area contributed by atoms with Gasteiger partial charge in [-0.05, 0) is 44.2 Å². The molecule has 8 heteroatoms. The lowest BCUT2D eigenvalue weighted by Gasteiger charge is -2.60. The fraction of sp³-hybridized carbons (Fsp3) is 0.667. The SMILES string of the molecule is Cc1ccc(C(F)(F)CC23CCC(C)(CC2)C(F)(F)C3(F)F)c(F)c1F. The smallest absolute Gasteiger partial charge is 0.203 e. The first-order valence-electron chi connectivity index (χ1n) is 8.29. The largest absolute Gasteiger partial charge is 0.316 e. The second kappa shape index (κ2) is 5.35. The van der Waals surface area contributed by atoms with Crippen molar-refractivity contribution in [2.75, 3.05) is 0 Å². The van der Waals surface area contributed by atoms with E-state index in [1.165, 1.54) is 0 Å². The van der Waals surface area contributed by atoms with Gasteiger partial charge < -0.3 is 0 Å². The second-order valence-corrected chi connectivity index (χ2v) is 7.93. The van der Waals surface area contributed by atoms with Gasteiger partial charge in [0.2, 0.25) is 0 Å². The van der Waals surface area contributed by atoms with Crippen molar-refractivity contribution in [3.63, 3.8) is 0 Å². The summed E-state index contributed by atoms with van der Waals surface area (Å²) in [5.41, 5.74) is -6.21. The minimum absolute atomic E-state index is 0.219. The molecule has 0 radical (unpaired) electrons. The van der Waals surface area contributed by atoms with E-state index in [0.717, 1.165) is 19.9 Å². The zero-order valence-corrected chi connectivity index (χ0v) is 14.2. The van der Waals surface area contributed by atoms with E-state index in [4.69, 9.17) is 0 Å². The zero-order valence-electron chi connectivity index (χ0n) is 14.2. The van der Waals surface area contributed by atoms with Crippen molar-refractivity contribution >= 4 is 0 Å². The topological polar surface area (TPSA) is 0 Å². The number of fused-ring (bicyclic) bond motifs is 3. The van der Waals surface area contributed by atoms with Gasteiger partial charge in [-0.3, -0.25) is 0 Å². The van der Waals surface area contributed by atoms with Crippen LogP contribution in [0.1, 0.15) is 50.2 Å². The molecule has 146 valence electrons. The van der Waals surface area contributed by atoms with E-state index in [1.54, 1.807) is 0 Å². The number of aryl methyl sites for hydroxylation is 1. The van der Waals surface area contributed by atoms with Crippen molar-refractivity contribution in [1.29, 1.82) is 0 Å². The fourth-order valence-corrected chi connectivity index (χ4v) is 4.36. The molecule has 0 amide bonds. The number of benzene rings is 1. The standard InChI is InChI=1S/C18H18F8/c1-10-3-4-11(13(20)12(10)19)16(21,22)9-15-7-5-14(2,6-8-15)17(23,24)18(15,25)26/h3-4H,5-9H2,1-2H3. The van der Waals surface area contributed by atoms with Crippen molar-refractivity contribution in [1.82, 2.24) is 0 Å². The van der Waals surface area contributed by atoms with E-state index < -0.39 is 65.1 Å². The summed E-state index contributed by atoms with van der Waals surface area (Å²) in [5.74, 6) is -16.6. The highest BCUT2D eigenvalue weighted by atomic mass is 19.3. The normalized spacial score (nSPS) is 32.7. The molecule has 26 heavy (non-hydrogen) atoms. The summed E-state index contributed by atoms with van der Waals surface area (Å²) in [7, 11) is 0. The molecule has 0 atom stereocenters. The molecule has 0 spiro atoms. The molecule has 3 saturated carbocycles. The number of hydrogen-bond donors (Lipinski definition) is 0. The number of hydrogen-bond acceptors (Lipinski definition) is 0. The van der Waals surface area contributed by atoms with Gasteiger partial charge in [0, 0.05) is 17.3 Å². The fourth-order valence-electron chi connectivity index (χ4n) is 4.36. The highest BCUT2D eigenvalue weighted by Gasteiger charge is 2.80. The van der Waals surface area contributed by atoms with Crippen molar-refractivity contribution in [2.45, 2.75) is 63.7 Å². The second-order valence-electron chi connectivity index (χ2n) is 7.93. The Morgan fingerprint density at radius 1 is 0.885 bits per heavy atom. The van der Waals surface area contributed by atoms with E-state index in [9.17, 15) is 35.1 Å². The molecule has 0 nitrogen and oxygen atoms in total. The first kappa shape index (κ1) is 19.4. The number of alkyl halides is 6. The molecule has 3 fully saturated rings. The predicted molar refractivity (Wildman–Crippen MR) is 78.5 cm³/mol. The maximum absolute atomic E-state index is 14.7.